The minimum absolute atomic E-state index is 0.174. The quantitative estimate of drug-likeness (QED) is 0.0584. The highest BCUT2D eigenvalue weighted by molar-refractivity contribution is 5.69. The Morgan fingerprint density at radius 3 is 2.00 bits per heavy atom. The minimum Gasteiger partial charge on any atom is -0.463 e. The normalized spacial score (nSPS) is 34.0. The average molecular weight is 641 g/mol. The molecule has 12 atom stereocenters. The second-order valence-corrected chi connectivity index (χ2v) is 12.1. The molecule has 2 fully saturated rings. The highest BCUT2D eigenvalue weighted by Crippen LogP contribution is 2.30. The van der Waals surface area contributed by atoms with Crippen LogP contribution in [0.15, 0.2) is 0 Å². The van der Waals surface area contributed by atoms with Crippen molar-refractivity contribution in [2.24, 2.45) is 5.92 Å². The van der Waals surface area contributed by atoms with Crippen molar-refractivity contribution in [3.63, 3.8) is 0 Å². The van der Waals surface area contributed by atoms with E-state index < -0.39 is 99.9 Å². The molecule has 2 saturated heterocycles. The fraction of sp³-hybridized carbons (Fsp3) is 0.967. The predicted molar refractivity (Wildman–Crippen MR) is 155 cm³/mol. The summed E-state index contributed by atoms with van der Waals surface area (Å²) in [4.78, 5) is 12.4. The number of ether oxygens (including phenoxy) is 5. The van der Waals surface area contributed by atoms with Crippen molar-refractivity contribution in [2.75, 3.05) is 26.4 Å². The van der Waals surface area contributed by atoms with Crippen LogP contribution in [0.2, 0.25) is 0 Å². The molecule has 0 saturated carbocycles. The molecule has 2 aliphatic rings. The van der Waals surface area contributed by atoms with Crippen LogP contribution in [-0.4, -0.2) is 141 Å². The van der Waals surface area contributed by atoms with Gasteiger partial charge in [0.2, 0.25) is 0 Å². The van der Waals surface area contributed by atoms with E-state index in [1.807, 2.05) is 0 Å². The van der Waals surface area contributed by atoms with Gasteiger partial charge < -0.3 is 64.5 Å². The van der Waals surface area contributed by atoms with E-state index in [4.69, 9.17) is 28.8 Å². The summed E-state index contributed by atoms with van der Waals surface area (Å²) in [5.74, 6) is 0.290. The van der Waals surface area contributed by atoms with Gasteiger partial charge in [0.25, 0.3) is 0 Å². The summed E-state index contributed by atoms with van der Waals surface area (Å²) < 4.78 is 27.2. The lowest BCUT2D eigenvalue weighted by molar-refractivity contribution is -0.361. The molecule has 0 spiro atoms. The van der Waals surface area contributed by atoms with E-state index in [0.29, 0.717) is 6.42 Å². The third kappa shape index (κ3) is 12.6. The van der Waals surface area contributed by atoms with Crippen LogP contribution in [0, 0.1) is 5.92 Å². The Kier molecular flexibility index (Phi) is 18.7. The maximum Gasteiger partial charge on any atom is 0.305 e. The Morgan fingerprint density at radius 2 is 1.39 bits per heavy atom. The van der Waals surface area contributed by atoms with Gasteiger partial charge in [0.05, 0.1) is 19.8 Å². The number of carbonyl (C=O) groups is 1. The number of unbranched alkanes of at least 4 members (excludes halogenated alkanes) is 7. The molecule has 0 radical (unpaired) electrons. The van der Waals surface area contributed by atoms with E-state index in [1.54, 1.807) is 0 Å². The molecule has 0 aromatic heterocycles. The maximum atomic E-state index is 12.4. The zero-order valence-corrected chi connectivity index (χ0v) is 26.1. The molecule has 2 rings (SSSR count). The maximum absolute atomic E-state index is 12.4. The number of rotatable bonds is 21. The molecule has 0 aromatic carbocycles. The number of hydrogen-bond donors (Lipinski definition) is 8. The Balaban J connectivity index is 1.85. The van der Waals surface area contributed by atoms with Gasteiger partial charge in [-0.05, 0) is 12.3 Å². The average Bonchev–Trinajstić information content (AvgIpc) is 3.02. The summed E-state index contributed by atoms with van der Waals surface area (Å²) in [7, 11) is 0. The van der Waals surface area contributed by atoms with Crippen LogP contribution in [-0.2, 0) is 28.5 Å². The van der Waals surface area contributed by atoms with Crippen LogP contribution in [0.25, 0.3) is 0 Å². The number of carbonyl (C=O) groups excluding carboxylic acids is 1. The Morgan fingerprint density at radius 1 is 0.773 bits per heavy atom. The zero-order chi connectivity index (χ0) is 32.6. The number of aliphatic hydroxyl groups is 8. The predicted octanol–water partition coefficient (Wildman–Crippen LogP) is -0.522. The molecule has 0 amide bonds. The van der Waals surface area contributed by atoms with Crippen molar-refractivity contribution in [3.05, 3.63) is 0 Å². The molecule has 44 heavy (non-hydrogen) atoms. The molecule has 14 heteroatoms. The number of aliphatic hydroxyl groups excluding tert-OH is 8. The molecule has 0 aromatic rings. The molecular weight excluding hydrogens is 584 g/mol. The van der Waals surface area contributed by atoms with Crippen LogP contribution < -0.4 is 0 Å². The van der Waals surface area contributed by atoms with E-state index in [2.05, 4.69) is 13.8 Å². The molecule has 260 valence electrons. The van der Waals surface area contributed by atoms with E-state index in [9.17, 15) is 40.5 Å². The Labute approximate surface area is 259 Å². The summed E-state index contributed by atoms with van der Waals surface area (Å²) in [6, 6.07) is 0. The van der Waals surface area contributed by atoms with Gasteiger partial charge >= 0.3 is 5.97 Å². The molecule has 2 heterocycles. The highest BCUT2D eigenvalue weighted by atomic mass is 16.7. The lowest BCUT2D eigenvalue weighted by atomic mass is 9.97. The molecular formula is C30H56O14. The van der Waals surface area contributed by atoms with Gasteiger partial charge in [-0.25, -0.2) is 0 Å². The third-order valence-corrected chi connectivity index (χ3v) is 8.38. The van der Waals surface area contributed by atoms with Crippen molar-refractivity contribution < 1.29 is 69.3 Å². The van der Waals surface area contributed by atoms with Crippen LogP contribution in [0.4, 0.5) is 0 Å². The van der Waals surface area contributed by atoms with Gasteiger partial charge in [0.15, 0.2) is 12.6 Å². The molecule has 0 bridgehead atoms. The first kappa shape index (κ1) is 39.2. The van der Waals surface area contributed by atoms with Crippen LogP contribution in [0.1, 0.15) is 84.5 Å². The molecule has 2 aliphatic heterocycles. The molecule has 8 N–H and O–H groups in total. The van der Waals surface area contributed by atoms with Crippen molar-refractivity contribution in [2.45, 2.75) is 152 Å². The summed E-state index contributed by atoms with van der Waals surface area (Å²) in [5.41, 5.74) is 0. The van der Waals surface area contributed by atoms with E-state index in [-0.39, 0.29) is 6.42 Å². The van der Waals surface area contributed by atoms with Gasteiger partial charge in [-0.1, -0.05) is 71.6 Å². The summed E-state index contributed by atoms with van der Waals surface area (Å²) in [6.45, 7) is 2.28. The number of hydrogen-bond acceptors (Lipinski definition) is 14. The monoisotopic (exact) mass is 640 g/mol. The van der Waals surface area contributed by atoms with Crippen molar-refractivity contribution in [1.29, 1.82) is 0 Å². The van der Waals surface area contributed by atoms with Gasteiger partial charge in [0, 0.05) is 6.42 Å². The first-order valence-corrected chi connectivity index (χ1v) is 16.1. The largest absolute Gasteiger partial charge is 0.463 e. The van der Waals surface area contributed by atoms with Crippen molar-refractivity contribution in [3.8, 4) is 0 Å². The molecule has 0 aliphatic carbocycles. The fourth-order valence-electron chi connectivity index (χ4n) is 5.21. The summed E-state index contributed by atoms with van der Waals surface area (Å²) in [5, 5.41) is 80.4. The lowest BCUT2D eigenvalue weighted by Crippen LogP contribution is -2.65. The van der Waals surface area contributed by atoms with Gasteiger partial charge in [-0.2, -0.15) is 0 Å². The second kappa shape index (κ2) is 21.0. The standard InChI is InChI=1S/C30H56O14/c1-3-18(2)12-10-8-6-4-5-7-9-11-13-22(34)40-17-21-24(36)28(27(39)29(43-21)41-16-19(33)14-31)44-30-26(38)25(37)23(35)20(15-32)42-30/h18-21,23-33,35-39H,3-17H2,1-2H3/t18?,19?,20-,21-,23-,24-,25+,26+,27+,28+,29+,30-/m1/s1. The number of esters is 1. The van der Waals surface area contributed by atoms with Gasteiger partial charge in [0.1, 0.15) is 61.5 Å². The van der Waals surface area contributed by atoms with Crippen molar-refractivity contribution >= 4 is 5.97 Å². The first-order valence-electron chi connectivity index (χ1n) is 16.1. The SMILES string of the molecule is CCC(C)CCCCCCCCCCC(=O)OC[C@H]1O[C@H](OCC(O)CO)[C@@H](O)[C@@H](O[C@H]2O[C@H](CO)[C@@H](O)[C@H](O)[C@@H]2O)[C@@H]1O. The third-order valence-electron chi connectivity index (χ3n) is 8.38. The van der Waals surface area contributed by atoms with E-state index in [1.165, 1.54) is 38.5 Å². The summed E-state index contributed by atoms with van der Waals surface area (Å²) >= 11 is 0. The van der Waals surface area contributed by atoms with Crippen molar-refractivity contribution in [1.82, 2.24) is 0 Å². The Hall–Kier alpha value is -1.01. The smallest absolute Gasteiger partial charge is 0.305 e. The van der Waals surface area contributed by atoms with Crippen LogP contribution >= 0.6 is 0 Å². The highest BCUT2D eigenvalue weighted by Gasteiger charge is 2.51. The zero-order valence-electron chi connectivity index (χ0n) is 26.1. The van der Waals surface area contributed by atoms with Crippen LogP contribution in [0.5, 0.6) is 0 Å². The van der Waals surface area contributed by atoms with Gasteiger partial charge in [-0.3, -0.25) is 4.79 Å². The van der Waals surface area contributed by atoms with E-state index in [0.717, 1.165) is 25.2 Å². The molecule has 2 unspecified atom stereocenters. The fourth-order valence-corrected chi connectivity index (χ4v) is 5.21. The minimum atomic E-state index is -1.81. The van der Waals surface area contributed by atoms with Crippen LogP contribution in [0.3, 0.4) is 0 Å². The topological polar surface area (TPSA) is 225 Å². The van der Waals surface area contributed by atoms with E-state index >= 15 is 0 Å². The first-order chi connectivity index (χ1) is 21.0. The lowest BCUT2D eigenvalue weighted by Gasteiger charge is -2.46. The Bertz CT molecular complexity index is 772. The molecule has 14 nitrogen and oxygen atoms in total. The second-order valence-electron chi connectivity index (χ2n) is 12.1. The summed E-state index contributed by atoms with van der Waals surface area (Å²) in [6.07, 6.45) is -5.94. The van der Waals surface area contributed by atoms with Gasteiger partial charge in [-0.15, -0.1) is 0 Å².